The molecule has 0 saturated carbocycles. The number of carboxylic acids is 1. The first-order valence-electron chi connectivity index (χ1n) is 5.29. The van der Waals surface area contributed by atoms with Crippen molar-refractivity contribution in [3.63, 3.8) is 0 Å². The summed E-state index contributed by atoms with van der Waals surface area (Å²) < 4.78 is 13.4. The van der Waals surface area contributed by atoms with E-state index in [9.17, 15) is 9.18 Å². The first-order chi connectivity index (χ1) is 7.93. The van der Waals surface area contributed by atoms with Gasteiger partial charge >= 0.3 is 5.97 Å². The molecule has 17 heavy (non-hydrogen) atoms. The highest BCUT2D eigenvalue weighted by atomic mass is 35.5. The number of carboxylic acid groups (broad SMARTS) is 1. The molecule has 1 unspecified atom stereocenters. The van der Waals surface area contributed by atoms with E-state index in [1.807, 2.05) is 0 Å². The van der Waals surface area contributed by atoms with Crippen LogP contribution in [0.1, 0.15) is 12.5 Å². The SMILES string of the molecule is CC(C(=O)O)N(C)CCc1c(F)cccc1Cl. The topological polar surface area (TPSA) is 40.5 Å². The van der Waals surface area contributed by atoms with Crippen LogP contribution in [0, 0.1) is 5.82 Å². The Morgan fingerprint density at radius 1 is 1.59 bits per heavy atom. The molecule has 0 bridgehead atoms. The van der Waals surface area contributed by atoms with Gasteiger partial charge in [-0.05, 0) is 32.5 Å². The van der Waals surface area contributed by atoms with Crippen LogP contribution in [0.15, 0.2) is 18.2 Å². The average Bonchev–Trinajstić information content (AvgIpc) is 2.26. The zero-order chi connectivity index (χ0) is 13.0. The van der Waals surface area contributed by atoms with E-state index in [0.717, 1.165) is 0 Å². The average molecular weight is 260 g/mol. The Balaban J connectivity index is 2.65. The van der Waals surface area contributed by atoms with Gasteiger partial charge in [-0.25, -0.2) is 4.39 Å². The van der Waals surface area contributed by atoms with Crippen LogP contribution in [0.2, 0.25) is 5.02 Å². The lowest BCUT2D eigenvalue weighted by molar-refractivity contribution is -0.142. The van der Waals surface area contributed by atoms with Crippen LogP contribution in [0.4, 0.5) is 4.39 Å². The summed E-state index contributed by atoms with van der Waals surface area (Å²) in [4.78, 5) is 12.4. The van der Waals surface area contributed by atoms with Gasteiger partial charge in [0.15, 0.2) is 0 Å². The van der Waals surface area contributed by atoms with Crippen LogP contribution >= 0.6 is 11.6 Å². The summed E-state index contributed by atoms with van der Waals surface area (Å²) >= 11 is 5.88. The number of halogens is 2. The van der Waals surface area contributed by atoms with E-state index in [4.69, 9.17) is 16.7 Å². The van der Waals surface area contributed by atoms with Gasteiger partial charge in [-0.15, -0.1) is 0 Å². The van der Waals surface area contributed by atoms with Crippen LogP contribution in [0.3, 0.4) is 0 Å². The number of hydrogen-bond acceptors (Lipinski definition) is 2. The number of aliphatic carboxylic acids is 1. The van der Waals surface area contributed by atoms with E-state index in [1.165, 1.54) is 6.07 Å². The molecule has 1 aromatic carbocycles. The minimum absolute atomic E-state index is 0.353. The fraction of sp³-hybridized carbons (Fsp3) is 0.417. The largest absolute Gasteiger partial charge is 0.480 e. The summed E-state index contributed by atoms with van der Waals surface area (Å²) in [6.45, 7) is 2.03. The third kappa shape index (κ3) is 3.68. The van der Waals surface area contributed by atoms with E-state index in [-0.39, 0.29) is 5.82 Å². The van der Waals surface area contributed by atoms with Gasteiger partial charge in [0.1, 0.15) is 11.9 Å². The van der Waals surface area contributed by atoms with Crippen molar-refractivity contribution >= 4 is 17.6 Å². The highest BCUT2D eigenvalue weighted by Gasteiger charge is 2.17. The van der Waals surface area contributed by atoms with Gasteiger partial charge in [0.25, 0.3) is 0 Å². The molecule has 1 rings (SSSR count). The Bertz CT molecular complexity index is 391. The normalized spacial score (nSPS) is 12.8. The minimum atomic E-state index is -0.896. The van der Waals surface area contributed by atoms with Crippen LogP contribution in [0.5, 0.6) is 0 Å². The molecular formula is C12H15ClFNO2. The van der Waals surface area contributed by atoms with E-state index < -0.39 is 12.0 Å². The third-order valence-electron chi connectivity index (χ3n) is 2.79. The van der Waals surface area contributed by atoms with Crippen LogP contribution in [-0.2, 0) is 11.2 Å². The number of carbonyl (C=O) groups is 1. The van der Waals surface area contributed by atoms with Gasteiger partial charge in [0.2, 0.25) is 0 Å². The highest BCUT2D eigenvalue weighted by molar-refractivity contribution is 6.31. The van der Waals surface area contributed by atoms with Crippen molar-refractivity contribution in [1.29, 1.82) is 0 Å². The molecule has 0 aromatic heterocycles. The molecule has 0 fully saturated rings. The highest BCUT2D eigenvalue weighted by Crippen LogP contribution is 2.19. The summed E-state index contributed by atoms with van der Waals surface area (Å²) in [6, 6.07) is 3.92. The lowest BCUT2D eigenvalue weighted by Crippen LogP contribution is -2.37. The summed E-state index contributed by atoms with van der Waals surface area (Å²) in [7, 11) is 1.69. The summed E-state index contributed by atoms with van der Waals surface area (Å²) in [6.07, 6.45) is 0.389. The molecule has 0 spiro atoms. The second-order valence-corrected chi connectivity index (χ2v) is 4.35. The van der Waals surface area contributed by atoms with E-state index in [2.05, 4.69) is 0 Å². The number of hydrogen-bond donors (Lipinski definition) is 1. The molecule has 94 valence electrons. The van der Waals surface area contributed by atoms with Crippen molar-refractivity contribution in [1.82, 2.24) is 4.90 Å². The molecule has 1 atom stereocenters. The zero-order valence-electron chi connectivity index (χ0n) is 9.78. The molecule has 0 amide bonds. The van der Waals surface area contributed by atoms with Gasteiger partial charge in [-0.2, -0.15) is 0 Å². The second kappa shape index (κ2) is 5.98. The lowest BCUT2D eigenvalue weighted by atomic mass is 10.1. The van der Waals surface area contributed by atoms with E-state index >= 15 is 0 Å². The van der Waals surface area contributed by atoms with E-state index in [1.54, 1.807) is 31.0 Å². The summed E-state index contributed by atoms with van der Waals surface area (Å²) in [5, 5.41) is 9.19. The summed E-state index contributed by atoms with van der Waals surface area (Å²) in [5.41, 5.74) is 0.429. The second-order valence-electron chi connectivity index (χ2n) is 3.95. The molecule has 0 saturated heterocycles. The van der Waals surface area contributed by atoms with Crippen molar-refractivity contribution < 1.29 is 14.3 Å². The quantitative estimate of drug-likeness (QED) is 0.883. The van der Waals surface area contributed by atoms with Crippen LogP contribution in [0.25, 0.3) is 0 Å². The fourth-order valence-corrected chi connectivity index (χ4v) is 1.70. The number of benzene rings is 1. The van der Waals surface area contributed by atoms with E-state index in [0.29, 0.717) is 23.6 Å². The Labute approximate surface area is 105 Å². The molecule has 3 nitrogen and oxygen atoms in total. The van der Waals surface area contributed by atoms with Crippen LogP contribution < -0.4 is 0 Å². The number of rotatable bonds is 5. The van der Waals surface area contributed by atoms with Crippen molar-refractivity contribution in [2.75, 3.05) is 13.6 Å². The Hall–Kier alpha value is -1.13. The number of likely N-dealkylation sites (N-methyl/N-ethyl adjacent to an activating group) is 1. The third-order valence-corrected chi connectivity index (χ3v) is 3.15. The molecular weight excluding hydrogens is 245 g/mol. The molecule has 0 aliphatic heterocycles. The molecule has 5 heteroatoms. The molecule has 0 aliphatic rings. The summed E-state index contributed by atoms with van der Waals surface area (Å²) in [5.74, 6) is -1.25. The lowest BCUT2D eigenvalue weighted by Gasteiger charge is -2.21. The minimum Gasteiger partial charge on any atom is -0.480 e. The van der Waals surface area contributed by atoms with Gasteiger partial charge in [-0.3, -0.25) is 9.69 Å². The Kier molecular flexibility index (Phi) is 4.90. The number of nitrogens with zero attached hydrogens (tertiary/aromatic N) is 1. The zero-order valence-corrected chi connectivity index (χ0v) is 10.5. The predicted molar refractivity (Wildman–Crippen MR) is 64.8 cm³/mol. The Morgan fingerprint density at radius 2 is 2.24 bits per heavy atom. The maximum absolute atomic E-state index is 13.4. The Morgan fingerprint density at radius 3 is 2.76 bits per heavy atom. The van der Waals surface area contributed by atoms with Crippen molar-refractivity contribution in [2.24, 2.45) is 0 Å². The van der Waals surface area contributed by atoms with Gasteiger partial charge in [-0.1, -0.05) is 17.7 Å². The molecule has 1 N–H and O–H groups in total. The van der Waals surface area contributed by atoms with Crippen molar-refractivity contribution in [3.8, 4) is 0 Å². The monoisotopic (exact) mass is 259 g/mol. The molecule has 0 heterocycles. The standard InChI is InChI=1S/C12H15ClFNO2/c1-8(12(16)17)15(2)7-6-9-10(13)4-3-5-11(9)14/h3-5,8H,6-7H2,1-2H3,(H,16,17). The van der Waals surface area contributed by atoms with Crippen molar-refractivity contribution in [3.05, 3.63) is 34.6 Å². The molecule has 0 aliphatic carbocycles. The fourth-order valence-electron chi connectivity index (χ4n) is 1.44. The smallest absolute Gasteiger partial charge is 0.320 e. The first-order valence-corrected chi connectivity index (χ1v) is 5.67. The van der Waals surface area contributed by atoms with Gasteiger partial charge in [0.05, 0.1) is 0 Å². The maximum Gasteiger partial charge on any atom is 0.320 e. The van der Waals surface area contributed by atoms with Gasteiger partial charge in [0, 0.05) is 17.1 Å². The molecule has 0 radical (unpaired) electrons. The first kappa shape index (κ1) is 13.9. The molecule has 1 aromatic rings. The maximum atomic E-state index is 13.4. The van der Waals surface area contributed by atoms with Crippen LogP contribution in [-0.4, -0.2) is 35.6 Å². The van der Waals surface area contributed by atoms with Gasteiger partial charge < -0.3 is 5.11 Å². The predicted octanol–water partition coefficient (Wildman–Crippen LogP) is 2.43. The van der Waals surface area contributed by atoms with Crippen molar-refractivity contribution in [2.45, 2.75) is 19.4 Å².